The molecule has 1 aromatic heterocycles. The summed E-state index contributed by atoms with van der Waals surface area (Å²) in [7, 11) is 0. The van der Waals surface area contributed by atoms with Crippen LogP contribution < -0.4 is 26.6 Å². The van der Waals surface area contributed by atoms with E-state index in [0.29, 0.717) is 42.9 Å². The smallest absolute Gasteiger partial charge is 0.305 e. The molecule has 0 radical (unpaired) electrons. The molecule has 7 rings (SSSR count). The van der Waals surface area contributed by atoms with Crippen molar-refractivity contribution in [2.45, 2.75) is 165 Å². The van der Waals surface area contributed by atoms with Crippen LogP contribution in [0.25, 0.3) is 0 Å². The average molecular weight is 1050 g/mol. The molecule has 0 bridgehead atoms. The molecule has 0 spiro atoms. The number of ether oxygens (including phenoxy) is 2. The highest BCUT2D eigenvalue weighted by atomic mass is 32.2. The molecule has 1 saturated heterocycles. The van der Waals surface area contributed by atoms with Crippen LogP contribution in [0.1, 0.15) is 124 Å². The number of Topliss-reactive ketones (excluding diaryl/α,β-unsaturated/α-hetero) is 1. The first-order valence-electron chi connectivity index (χ1n) is 25.9. The molecule has 8 N–H and O–H groups in total. The summed E-state index contributed by atoms with van der Waals surface area (Å²) in [6, 6.07) is 8.64. The maximum Gasteiger partial charge on any atom is 0.305 e. The number of ketones is 1. The maximum atomic E-state index is 17.9. The molecule has 402 valence electrons. The fourth-order valence-corrected chi connectivity index (χ4v) is 13.4. The number of fused-ring (bicyclic) bond motifs is 7. The number of alkyl halides is 1. The third-order valence-corrected chi connectivity index (χ3v) is 17.7. The Hall–Kier alpha value is -5.47. The number of benzene rings is 1. The summed E-state index contributed by atoms with van der Waals surface area (Å²) in [6.07, 6.45) is 10.0. The Labute approximate surface area is 436 Å². The van der Waals surface area contributed by atoms with Gasteiger partial charge in [0.1, 0.15) is 24.5 Å². The summed E-state index contributed by atoms with van der Waals surface area (Å²) in [4.78, 5) is 81.2. The number of carboxylic acid groups (broad SMARTS) is 1. The Balaban J connectivity index is 0.867. The second-order valence-electron chi connectivity index (χ2n) is 21.0. The minimum atomic E-state index is -1.98. The number of aliphatic hydroxyl groups is 2. The van der Waals surface area contributed by atoms with Crippen molar-refractivity contribution < 1.29 is 58.0 Å². The number of aromatic nitrogens is 1. The molecular weight excluding hydrogens is 972 g/mol. The van der Waals surface area contributed by atoms with E-state index >= 15 is 4.39 Å². The normalized spacial score (nSPS) is 30.8. The molecule has 5 aliphatic rings. The Kier molecular flexibility index (Phi) is 17.6. The lowest BCUT2D eigenvalue weighted by Gasteiger charge is -2.62. The highest BCUT2D eigenvalue weighted by Gasteiger charge is 2.79. The number of halogens is 1. The number of unbranched alkanes of at least 4 members (excludes halogenated alkanes) is 1. The predicted molar refractivity (Wildman–Crippen MR) is 278 cm³/mol. The predicted octanol–water partition coefficient (Wildman–Crippen LogP) is 6.38. The van der Waals surface area contributed by atoms with Crippen molar-refractivity contribution in [1.29, 1.82) is 0 Å². The van der Waals surface area contributed by atoms with E-state index in [1.807, 2.05) is 64.1 Å². The van der Waals surface area contributed by atoms with E-state index in [1.165, 1.54) is 25.6 Å². The van der Waals surface area contributed by atoms with Gasteiger partial charge in [-0.15, -0.1) is 11.8 Å². The molecule has 3 saturated carbocycles. The Morgan fingerprint density at radius 1 is 0.986 bits per heavy atom. The van der Waals surface area contributed by atoms with E-state index in [0.717, 1.165) is 36.0 Å². The molecule has 17 nitrogen and oxygen atoms in total. The average Bonchev–Trinajstić information content (AvgIpc) is 3.87. The SMILES string of the molecule is C/C=C1\C=C[C@@]2(C)C(=C1)CC[C@H]1[C@@H]3C[C@H]4O[C@@H](c5ccc(NCc6ccc(NC(=O)[C@H](C)NC(=O)[C@H](C)NC(=O)CCNC(=O)C(CC(=O)O)SC(C)CCCC)cc6)nc5)O[C@@]4(C(=O)CO)[C@@]3(C)C[C@H](O)[C@@]12F. The highest BCUT2D eigenvalue weighted by molar-refractivity contribution is 8.01. The zero-order valence-corrected chi connectivity index (χ0v) is 44.2. The van der Waals surface area contributed by atoms with Crippen molar-refractivity contribution >= 4 is 58.6 Å². The van der Waals surface area contributed by atoms with Crippen molar-refractivity contribution in [2.75, 3.05) is 23.8 Å². The van der Waals surface area contributed by atoms with Gasteiger partial charge in [-0.25, -0.2) is 9.37 Å². The highest BCUT2D eigenvalue weighted by Crippen LogP contribution is 2.72. The van der Waals surface area contributed by atoms with Crippen molar-refractivity contribution in [1.82, 2.24) is 20.9 Å². The van der Waals surface area contributed by atoms with E-state index in [9.17, 15) is 44.1 Å². The van der Waals surface area contributed by atoms with Gasteiger partial charge in [0.25, 0.3) is 0 Å². The molecule has 2 aromatic rings. The number of amides is 4. The van der Waals surface area contributed by atoms with E-state index in [1.54, 1.807) is 30.5 Å². The van der Waals surface area contributed by atoms with Crippen molar-refractivity contribution in [3.05, 3.63) is 89.2 Å². The van der Waals surface area contributed by atoms with Crippen molar-refractivity contribution in [3.63, 3.8) is 0 Å². The third-order valence-electron chi connectivity index (χ3n) is 16.3. The number of aliphatic hydroxyl groups excluding tert-OH is 2. The first kappa shape index (κ1) is 56.3. The number of pyridine rings is 1. The number of allylic oxidation sites excluding steroid dienone is 6. The van der Waals surface area contributed by atoms with Gasteiger partial charge >= 0.3 is 5.97 Å². The van der Waals surface area contributed by atoms with Gasteiger partial charge in [0.2, 0.25) is 23.6 Å². The molecular formula is C55H73FN6O11S. The first-order valence-corrected chi connectivity index (χ1v) is 26.8. The number of rotatable bonds is 22. The lowest BCUT2D eigenvalue weighted by Crippen LogP contribution is -2.69. The van der Waals surface area contributed by atoms with Gasteiger partial charge in [0.05, 0.1) is 23.9 Å². The molecule has 1 aliphatic heterocycles. The maximum absolute atomic E-state index is 17.9. The molecule has 1 aromatic carbocycles. The van der Waals surface area contributed by atoms with Crippen LogP contribution in [0.2, 0.25) is 0 Å². The number of hydrogen-bond donors (Lipinski definition) is 8. The summed E-state index contributed by atoms with van der Waals surface area (Å²) in [5.41, 5.74) is -1.79. The summed E-state index contributed by atoms with van der Waals surface area (Å²) in [6.45, 7) is 12.2. The third kappa shape index (κ3) is 11.1. The number of thioether (sulfide) groups is 1. The first-order chi connectivity index (χ1) is 35.1. The van der Waals surface area contributed by atoms with Crippen LogP contribution in [0.4, 0.5) is 15.9 Å². The second kappa shape index (κ2) is 23.2. The minimum Gasteiger partial charge on any atom is -0.481 e. The second-order valence-corrected chi connectivity index (χ2v) is 22.7. The van der Waals surface area contributed by atoms with E-state index in [-0.39, 0.29) is 37.0 Å². The number of aliphatic carboxylic acids is 1. The van der Waals surface area contributed by atoms with Crippen molar-refractivity contribution in [2.24, 2.45) is 22.7 Å². The zero-order valence-electron chi connectivity index (χ0n) is 43.4. The monoisotopic (exact) mass is 1040 g/mol. The number of carbonyl (C=O) groups is 6. The minimum absolute atomic E-state index is 0.0432. The number of carboxylic acids is 1. The van der Waals surface area contributed by atoms with Crippen LogP contribution >= 0.6 is 11.8 Å². The molecule has 13 atom stereocenters. The lowest BCUT2D eigenvalue weighted by atomic mass is 9.44. The van der Waals surface area contributed by atoms with Crippen LogP contribution in [0.5, 0.6) is 0 Å². The number of hydrogen-bond acceptors (Lipinski definition) is 13. The van der Waals surface area contributed by atoms with Crippen LogP contribution in [0.3, 0.4) is 0 Å². The zero-order chi connectivity index (χ0) is 53.8. The quantitative estimate of drug-likeness (QED) is 0.0638. The summed E-state index contributed by atoms with van der Waals surface area (Å²) < 4.78 is 31.1. The molecule has 2 unspecified atom stereocenters. The molecule has 2 heterocycles. The Bertz CT molecular complexity index is 2530. The van der Waals surface area contributed by atoms with Gasteiger partial charge in [-0.3, -0.25) is 28.8 Å². The lowest BCUT2D eigenvalue weighted by molar-refractivity contribution is -0.231. The molecule has 19 heteroatoms. The van der Waals surface area contributed by atoms with E-state index < -0.39 is 106 Å². The summed E-state index contributed by atoms with van der Waals surface area (Å²) >= 11 is 1.30. The van der Waals surface area contributed by atoms with Gasteiger partial charge in [0, 0.05) is 59.0 Å². The fraction of sp³-hybridized carbons (Fsp3) is 0.582. The molecule has 4 amide bonds. The van der Waals surface area contributed by atoms with Gasteiger partial charge in [0.15, 0.2) is 23.3 Å². The van der Waals surface area contributed by atoms with Crippen LogP contribution in [-0.2, 0) is 44.8 Å². The van der Waals surface area contributed by atoms with Crippen LogP contribution in [0, 0.1) is 22.7 Å². The summed E-state index contributed by atoms with van der Waals surface area (Å²) in [5.74, 6) is -4.09. The Morgan fingerprint density at radius 2 is 1.72 bits per heavy atom. The number of nitrogens with zero attached hydrogens (tertiary/aromatic N) is 1. The van der Waals surface area contributed by atoms with Crippen LogP contribution in [0.15, 0.2) is 78.0 Å². The Morgan fingerprint density at radius 3 is 2.38 bits per heavy atom. The van der Waals surface area contributed by atoms with Crippen LogP contribution in [-0.4, -0.2) is 115 Å². The number of anilines is 2. The summed E-state index contributed by atoms with van der Waals surface area (Å²) in [5, 5.41) is 44.7. The number of carbonyl (C=O) groups excluding carboxylic acids is 5. The molecule has 4 aliphatic carbocycles. The van der Waals surface area contributed by atoms with Crippen molar-refractivity contribution in [3.8, 4) is 0 Å². The van der Waals surface area contributed by atoms with E-state index in [2.05, 4.69) is 38.5 Å². The topological polar surface area (TPSA) is 255 Å². The van der Waals surface area contributed by atoms with Gasteiger partial charge in [-0.2, -0.15) is 0 Å². The van der Waals surface area contributed by atoms with E-state index in [4.69, 9.17) is 9.47 Å². The van der Waals surface area contributed by atoms with Gasteiger partial charge in [-0.05, 0) is 101 Å². The molecule has 4 fully saturated rings. The van der Waals surface area contributed by atoms with Gasteiger partial charge in [-0.1, -0.05) is 75.6 Å². The largest absolute Gasteiger partial charge is 0.481 e. The fourth-order valence-electron chi connectivity index (χ4n) is 12.1. The number of nitrogens with one attached hydrogen (secondary N) is 5. The standard InChI is InChI=1S/C55H73FN6O11S/c1-8-10-11-31(3)74-41(26-47(67)68)50(71)57-23-21-46(66)60-32(4)48(69)61-33(5)49(70)62-38-16-12-35(13-17-38)28-58-45-19-14-36(29-59-45)51-72-44-25-40-39-18-15-37-24-34(9-2)20-22-52(37,6)54(39,56)42(64)27-53(40,7)55(44,73-51)43(65)30-63/h9,12-14,16-17,19-20,22,24,29,31-33,39-42,44,51,63-64H,8,10-11,15,18,21,23,25-28,30H2,1-7H3,(H,57,71)(H,58,59)(H,60,66)(H,61,69)(H,62,70)(H,67,68)/b34-9+/t31?,32-,33-,39-,40-,41?,42-,44+,51+,52-,53-,54-,55+/m0/s1. The van der Waals surface area contributed by atoms with Gasteiger partial charge < -0.3 is 51.4 Å². The molecule has 74 heavy (non-hydrogen) atoms.